The van der Waals surface area contributed by atoms with Crippen LogP contribution in [0.15, 0.2) is 66.7 Å². The second kappa shape index (κ2) is 10.3. The maximum atomic E-state index is 14.0. The van der Waals surface area contributed by atoms with Gasteiger partial charge in [0.25, 0.3) is 0 Å². The van der Waals surface area contributed by atoms with E-state index in [1.807, 2.05) is 12.1 Å². The van der Waals surface area contributed by atoms with E-state index in [-0.39, 0.29) is 11.6 Å². The molecule has 32 heavy (non-hydrogen) atoms. The minimum absolute atomic E-state index is 0.0379. The van der Waals surface area contributed by atoms with Crippen LogP contribution >= 0.6 is 0 Å². The molecule has 0 radical (unpaired) electrons. The SMILES string of the molecule is CCCCc1ccc(-c2ccc(C#Cc3cc(F)c(/C=C/C(F)(F)F)c(F)c3)cc2)cc1. The zero-order chi connectivity index (χ0) is 23.1. The molecule has 0 heterocycles. The Bertz CT molecular complexity index is 1120. The molecule has 0 saturated carbocycles. The number of benzene rings is 3. The van der Waals surface area contributed by atoms with Gasteiger partial charge in [0.05, 0.1) is 0 Å². The fourth-order valence-corrected chi connectivity index (χ4v) is 3.13. The minimum Gasteiger partial charge on any atom is -0.206 e. The highest BCUT2D eigenvalue weighted by Gasteiger charge is 2.22. The van der Waals surface area contributed by atoms with Gasteiger partial charge in [-0.1, -0.05) is 61.6 Å². The molecule has 3 aromatic carbocycles. The van der Waals surface area contributed by atoms with Gasteiger partial charge < -0.3 is 0 Å². The van der Waals surface area contributed by atoms with Gasteiger partial charge in [-0.2, -0.15) is 13.2 Å². The summed E-state index contributed by atoms with van der Waals surface area (Å²) in [4.78, 5) is 0. The molecule has 0 N–H and O–H groups in total. The van der Waals surface area contributed by atoms with Crippen molar-refractivity contribution in [1.82, 2.24) is 0 Å². The van der Waals surface area contributed by atoms with Gasteiger partial charge in [0, 0.05) is 22.8 Å². The molecule has 3 aromatic rings. The van der Waals surface area contributed by atoms with Crippen LogP contribution in [0.4, 0.5) is 22.0 Å². The van der Waals surface area contributed by atoms with E-state index in [2.05, 4.69) is 43.0 Å². The molecule has 0 nitrogen and oxygen atoms in total. The normalized spacial score (nSPS) is 11.4. The van der Waals surface area contributed by atoms with Gasteiger partial charge in [-0.25, -0.2) is 8.78 Å². The lowest BCUT2D eigenvalue weighted by Crippen LogP contribution is -2.01. The third kappa shape index (κ3) is 6.55. The monoisotopic (exact) mass is 440 g/mol. The summed E-state index contributed by atoms with van der Waals surface area (Å²) in [5.41, 5.74) is 3.34. The molecule has 0 bridgehead atoms. The van der Waals surface area contributed by atoms with Crippen LogP contribution in [-0.4, -0.2) is 6.18 Å². The summed E-state index contributed by atoms with van der Waals surface area (Å²) >= 11 is 0. The highest BCUT2D eigenvalue weighted by Crippen LogP contribution is 2.23. The second-order valence-corrected chi connectivity index (χ2v) is 7.36. The number of rotatable bonds is 5. The summed E-state index contributed by atoms with van der Waals surface area (Å²) in [5, 5.41) is 0. The molecule has 0 amide bonds. The number of aryl methyl sites for hydroxylation is 1. The van der Waals surface area contributed by atoms with Crippen molar-refractivity contribution in [3.8, 4) is 23.0 Å². The molecule has 0 aliphatic rings. The van der Waals surface area contributed by atoms with Gasteiger partial charge in [0.15, 0.2) is 0 Å². The second-order valence-electron chi connectivity index (χ2n) is 7.36. The van der Waals surface area contributed by atoms with Gasteiger partial charge in [0.2, 0.25) is 0 Å². The number of hydrogen-bond donors (Lipinski definition) is 0. The highest BCUT2D eigenvalue weighted by atomic mass is 19.4. The molecule has 0 fully saturated rings. The van der Waals surface area contributed by atoms with Gasteiger partial charge in [-0.05, 0) is 59.9 Å². The maximum absolute atomic E-state index is 14.0. The van der Waals surface area contributed by atoms with Gasteiger partial charge in [0.1, 0.15) is 11.6 Å². The number of hydrogen-bond acceptors (Lipinski definition) is 0. The van der Waals surface area contributed by atoms with Gasteiger partial charge >= 0.3 is 6.18 Å². The van der Waals surface area contributed by atoms with E-state index in [1.54, 1.807) is 12.1 Å². The van der Waals surface area contributed by atoms with Crippen molar-refractivity contribution in [2.45, 2.75) is 32.4 Å². The summed E-state index contributed by atoms with van der Waals surface area (Å²) < 4.78 is 64.8. The van der Waals surface area contributed by atoms with Crippen LogP contribution in [0.5, 0.6) is 0 Å². The Kier molecular flexibility index (Phi) is 7.48. The molecule has 0 aliphatic heterocycles. The molecule has 0 saturated heterocycles. The predicted molar refractivity (Wildman–Crippen MR) is 118 cm³/mol. The number of allylic oxidation sites excluding steroid dienone is 1. The van der Waals surface area contributed by atoms with Crippen molar-refractivity contribution in [3.63, 3.8) is 0 Å². The molecular weight excluding hydrogens is 419 g/mol. The van der Waals surface area contributed by atoms with E-state index in [4.69, 9.17) is 0 Å². The van der Waals surface area contributed by atoms with E-state index in [0.717, 1.165) is 42.5 Å². The summed E-state index contributed by atoms with van der Waals surface area (Å²) in [5.74, 6) is 3.26. The van der Waals surface area contributed by atoms with E-state index in [0.29, 0.717) is 11.6 Å². The summed E-state index contributed by atoms with van der Waals surface area (Å²) in [6, 6.07) is 17.7. The van der Waals surface area contributed by atoms with Gasteiger partial charge in [-0.3, -0.25) is 0 Å². The molecule has 0 aromatic heterocycles. The largest absolute Gasteiger partial charge is 0.409 e. The average Bonchev–Trinajstić information content (AvgIpc) is 2.76. The quantitative estimate of drug-likeness (QED) is 0.279. The maximum Gasteiger partial charge on any atom is 0.409 e. The molecule has 5 heteroatoms. The van der Waals surface area contributed by atoms with Crippen LogP contribution < -0.4 is 0 Å². The van der Waals surface area contributed by atoms with Crippen molar-refractivity contribution >= 4 is 6.08 Å². The zero-order valence-corrected chi connectivity index (χ0v) is 17.4. The number of unbranched alkanes of at least 4 members (excludes halogenated alkanes) is 1. The molecule has 0 spiro atoms. The number of alkyl halides is 3. The van der Waals surface area contributed by atoms with Gasteiger partial charge in [-0.15, -0.1) is 0 Å². The topological polar surface area (TPSA) is 0 Å². The van der Waals surface area contributed by atoms with Crippen LogP contribution in [0.3, 0.4) is 0 Å². The zero-order valence-electron chi connectivity index (χ0n) is 17.4. The van der Waals surface area contributed by atoms with Crippen LogP contribution in [0.25, 0.3) is 17.2 Å². The third-order valence-corrected chi connectivity index (χ3v) is 4.86. The Hall–Kier alpha value is -3.39. The summed E-state index contributed by atoms with van der Waals surface area (Å²) in [7, 11) is 0. The molecule has 3 rings (SSSR count). The van der Waals surface area contributed by atoms with Crippen molar-refractivity contribution in [3.05, 3.63) is 101 Å². The fraction of sp³-hybridized carbons (Fsp3) is 0.185. The Morgan fingerprint density at radius 3 is 1.84 bits per heavy atom. The first-order valence-corrected chi connectivity index (χ1v) is 10.2. The molecular formula is C27H21F5. The molecule has 0 unspecified atom stereocenters. The third-order valence-electron chi connectivity index (χ3n) is 4.86. The van der Waals surface area contributed by atoms with E-state index >= 15 is 0 Å². The van der Waals surface area contributed by atoms with E-state index in [9.17, 15) is 22.0 Å². The fourth-order valence-electron chi connectivity index (χ4n) is 3.13. The van der Waals surface area contributed by atoms with Crippen LogP contribution in [0, 0.1) is 23.5 Å². The summed E-state index contributed by atoms with van der Waals surface area (Å²) in [6.45, 7) is 2.16. The van der Waals surface area contributed by atoms with Crippen molar-refractivity contribution in [2.24, 2.45) is 0 Å². The smallest absolute Gasteiger partial charge is 0.206 e. The predicted octanol–water partition coefficient (Wildman–Crippen LogP) is 7.95. The first kappa shape index (κ1) is 23.3. The van der Waals surface area contributed by atoms with Crippen LogP contribution in [0.2, 0.25) is 0 Å². The Morgan fingerprint density at radius 1 is 0.781 bits per heavy atom. The van der Waals surface area contributed by atoms with Crippen molar-refractivity contribution in [1.29, 1.82) is 0 Å². The average molecular weight is 440 g/mol. The lowest BCUT2D eigenvalue weighted by molar-refractivity contribution is -0.0790. The highest BCUT2D eigenvalue weighted by molar-refractivity contribution is 5.65. The molecule has 0 aliphatic carbocycles. The van der Waals surface area contributed by atoms with E-state index in [1.165, 1.54) is 5.56 Å². The minimum atomic E-state index is -4.65. The Morgan fingerprint density at radius 2 is 1.31 bits per heavy atom. The lowest BCUT2D eigenvalue weighted by Gasteiger charge is -2.04. The Balaban J connectivity index is 1.74. The summed E-state index contributed by atoms with van der Waals surface area (Å²) in [6.07, 6.45) is -1.11. The standard InChI is InChI=1S/C27H21F5/c1-2-3-4-19-7-11-22(12-8-19)23-13-9-20(10-14-23)5-6-21-17-25(28)24(26(29)18-21)15-16-27(30,31)32/h7-18H,2-4H2,1H3/b16-15+. The van der Waals surface area contributed by atoms with E-state index < -0.39 is 23.4 Å². The number of halogens is 5. The van der Waals surface area contributed by atoms with Crippen LogP contribution in [0.1, 0.15) is 42.0 Å². The van der Waals surface area contributed by atoms with Crippen LogP contribution in [-0.2, 0) is 6.42 Å². The Labute approximate surface area is 184 Å². The first-order valence-electron chi connectivity index (χ1n) is 10.2. The molecule has 164 valence electrons. The van der Waals surface area contributed by atoms with Crippen molar-refractivity contribution in [2.75, 3.05) is 0 Å². The van der Waals surface area contributed by atoms with Crippen molar-refractivity contribution < 1.29 is 22.0 Å². The molecule has 0 atom stereocenters. The lowest BCUT2D eigenvalue weighted by atomic mass is 10.0. The first-order chi connectivity index (χ1) is 15.2.